The molecule has 0 unspecified atom stereocenters. The minimum Gasteiger partial charge on any atom is -0.351 e. The Morgan fingerprint density at radius 2 is 1.81 bits per heavy atom. The average molecular weight is 220 g/mol. The number of nitrogens with one attached hydrogen (secondary N) is 2. The van der Waals surface area contributed by atoms with Gasteiger partial charge in [0.2, 0.25) is 5.91 Å². The second-order valence-corrected chi connectivity index (χ2v) is 4.87. The van der Waals surface area contributed by atoms with Crippen molar-refractivity contribution in [2.45, 2.75) is 32.9 Å². The maximum atomic E-state index is 11.5. The lowest BCUT2D eigenvalue weighted by molar-refractivity contribution is -0.120. The van der Waals surface area contributed by atoms with Crippen LogP contribution in [0.15, 0.2) is 30.3 Å². The Kier molecular flexibility index (Phi) is 4.50. The molecule has 1 aromatic carbocycles. The fourth-order valence-corrected chi connectivity index (χ4v) is 1.20. The molecule has 1 rings (SSSR count). The van der Waals surface area contributed by atoms with Crippen molar-refractivity contribution in [3.63, 3.8) is 0 Å². The van der Waals surface area contributed by atoms with Gasteiger partial charge in [-0.25, -0.2) is 0 Å². The molecule has 0 aliphatic rings. The molecule has 0 saturated carbocycles. The fraction of sp³-hybridized carbons (Fsp3) is 0.462. The summed E-state index contributed by atoms with van der Waals surface area (Å²) in [4.78, 5) is 11.5. The summed E-state index contributed by atoms with van der Waals surface area (Å²) in [7, 11) is 0. The molecular formula is C13H20N2O. The van der Waals surface area contributed by atoms with Crippen LogP contribution in [0.1, 0.15) is 26.3 Å². The molecular weight excluding hydrogens is 200 g/mol. The van der Waals surface area contributed by atoms with Crippen LogP contribution in [0, 0.1) is 0 Å². The molecule has 0 aliphatic heterocycles. The predicted molar refractivity (Wildman–Crippen MR) is 66.0 cm³/mol. The van der Waals surface area contributed by atoms with Gasteiger partial charge in [-0.1, -0.05) is 30.3 Å². The number of amides is 1. The zero-order valence-corrected chi connectivity index (χ0v) is 10.2. The zero-order valence-electron chi connectivity index (χ0n) is 10.2. The molecule has 0 fully saturated rings. The van der Waals surface area contributed by atoms with Gasteiger partial charge >= 0.3 is 0 Å². The quantitative estimate of drug-likeness (QED) is 0.810. The summed E-state index contributed by atoms with van der Waals surface area (Å²) in [5.41, 5.74) is 1.09. The molecule has 0 radical (unpaired) electrons. The van der Waals surface area contributed by atoms with Crippen molar-refractivity contribution in [3.8, 4) is 0 Å². The lowest BCUT2D eigenvalue weighted by atomic mass is 10.1. The molecule has 0 atom stereocenters. The average Bonchev–Trinajstić information content (AvgIpc) is 2.24. The summed E-state index contributed by atoms with van der Waals surface area (Å²) in [5, 5.41) is 6.02. The first-order chi connectivity index (χ1) is 7.47. The smallest absolute Gasteiger partial charge is 0.234 e. The van der Waals surface area contributed by atoms with Crippen molar-refractivity contribution in [1.82, 2.24) is 10.6 Å². The van der Waals surface area contributed by atoms with Crippen molar-refractivity contribution in [3.05, 3.63) is 35.9 Å². The van der Waals surface area contributed by atoms with Crippen LogP contribution in [0.4, 0.5) is 0 Å². The van der Waals surface area contributed by atoms with Crippen LogP contribution in [-0.4, -0.2) is 18.0 Å². The molecule has 0 saturated heterocycles. The summed E-state index contributed by atoms with van der Waals surface area (Å²) in [5.74, 6) is 0.0266. The van der Waals surface area contributed by atoms with E-state index in [4.69, 9.17) is 0 Å². The van der Waals surface area contributed by atoms with Crippen molar-refractivity contribution in [2.24, 2.45) is 0 Å². The molecule has 0 heterocycles. The standard InChI is InChI=1S/C13H20N2O/c1-13(2,3)15-10-12(16)14-9-11-7-5-4-6-8-11/h4-8,15H,9-10H2,1-3H3,(H,14,16). The van der Waals surface area contributed by atoms with E-state index in [1.54, 1.807) is 0 Å². The minimum absolute atomic E-state index is 0.0237. The third-order valence-corrected chi connectivity index (χ3v) is 2.11. The number of rotatable bonds is 4. The number of carbonyl (C=O) groups excluding carboxylic acids is 1. The van der Waals surface area contributed by atoms with Crippen molar-refractivity contribution in [1.29, 1.82) is 0 Å². The summed E-state index contributed by atoms with van der Waals surface area (Å²) in [6, 6.07) is 9.89. The molecule has 1 aromatic rings. The lowest BCUT2D eigenvalue weighted by Crippen LogP contribution is -2.43. The monoisotopic (exact) mass is 220 g/mol. The molecule has 0 aliphatic carbocycles. The fourth-order valence-electron chi connectivity index (χ4n) is 1.20. The highest BCUT2D eigenvalue weighted by atomic mass is 16.1. The van der Waals surface area contributed by atoms with Crippen LogP contribution in [0.5, 0.6) is 0 Å². The van der Waals surface area contributed by atoms with Gasteiger partial charge in [-0.15, -0.1) is 0 Å². The van der Waals surface area contributed by atoms with Crippen LogP contribution in [-0.2, 0) is 11.3 Å². The number of carbonyl (C=O) groups is 1. The highest BCUT2D eigenvalue weighted by molar-refractivity contribution is 5.78. The lowest BCUT2D eigenvalue weighted by Gasteiger charge is -2.19. The summed E-state index contributed by atoms with van der Waals surface area (Å²) in [6.45, 7) is 7.06. The van der Waals surface area contributed by atoms with Gasteiger partial charge in [0.05, 0.1) is 6.54 Å². The Bertz CT molecular complexity index is 328. The van der Waals surface area contributed by atoms with E-state index in [-0.39, 0.29) is 11.4 Å². The van der Waals surface area contributed by atoms with Gasteiger partial charge < -0.3 is 10.6 Å². The van der Waals surface area contributed by atoms with Gasteiger partial charge in [-0.3, -0.25) is 4.79 Å². The first kappa shape index (κ1) is 12.7. The third kappa shape index (κ3) is 5.51. The van der Waals surface area contributed by atoms with E-state index in [0.29, 0.717) is 13.1 Å². The molecule has 1 amide bonds. The van der Waals surface area contributed by atoms with Crippen LogP contribution in [0.2, 0.25) is 0 Å². The minimum atomic E-state index is -0.0237. The zero-order chi connectivity index (χ0) is 12.0. The van der Waals surface area contributed by atoms with Gasteiger partial charge in [0.15, 0.2) is 0 Å². The Hall–Kier alpha value is -1.35. The van der Waals surface area contributed by atoms with Crippen molar-refractivity contribution in [2.75, 3.05) is 6.54 Å². The van der Waals surface area contributed by atoms with Crippen molar-refractivity contribution >= 4 is 5.91 Å². The molecule has 88 valence electrons. The van der Waals surface area contributed by atoms with Gasteiger partial charge in [0.1, 0.15) is 0 Å². The predicted octanol–water partition coefficient (Wildman–Crippen LogP) is 1.69. The number of benzene rings is 1. The maximum Gasteiger partial charge on any atom is 0.234 e. The molecule has 2 N–H and O–H groups in total. The van der Waals surface area contributed by atoms with E-state index >= 15 is 0 Å². The molecule has 3 nitrogen and oxygen atoms in total. The molecule has 0 aromatic heterocycles. The first-order valence-corrected chi connectivity index (χ1v) is 5.53. The van der Waals surface area contributed by atoms with Crippen LogP contribution in [0.3, 0.4) is 0 Å². The third-order valence-electron chi connectivity index (χ3n) is 2.11. The number of hydrogen-bond acceptors (Lipinski definition) is 2. The Morgan fingerprint density at radius 3 is 2.38 bits per heavy atom. The Balaban J connectivity index is 2.26. The van der Waals surface area contributed by atoms with E-state index < -0.39 is 0 Å². The SMILES string of the molecule is CC(C)(C)NCC(=O)NCc1ccccc1. The second kappa shape index (κ2) is 5.66. The van der Waals surface area contributed by atoms with E-state index in [1.807, 2.05) is 51.1 Å². The Morgan fingerprint density at radius 1 is 1.19 bits per heavy atom. The van der Waals surface area contributed by atoms with E-state index in [9.17, 15) is 4.79 Å². The highest BCUT2D eigenvalue weighted by Crippen LogP contribution is 1.98. The largest absolute Gasteiger partial charge is 0.351 e. The summed E-state index contributed by atoms with van der Waals surface area (Å²) in [6.07, 6.45) is 0. The van der Waals surface area contributed by atoms with E-state index in [2.05, 4.69) is 10.6 Å². The highest BCUT2D eigenvalue weighted by Gasteiger charge is 2.10. The van der Waals surface area contributed by atoms with E-state index in [1.165, 1.54) is 0 Å². The summed E-state index contributed by atoms with van der Waals surface area (Å²) >= 11 is 0. The second-order valence-electron chi connectivity index (χ2n) is 4.87. The van der Waals surface area contributed by atoms with Gasteiger partial charge in [0, 0.05) is 12.1 Å². The maximum absolute atomic E-state index is 11.5. The van der Waals surface area contributed by atoms with E-state index in [0.717, 1.165) is 5.56 Å². The van der Waals surface area contributed by atoms with Crippen LogP contribution >= 0.6 is 0 Å². The topological polar surface area (TPSA) is 41.1 Å². The number of hydrogen-bond donors (Lipinski definition) is 2. The van der Waals surface area contributed by atoms with Gasteiger partial charge in [-0.05, 0) is 26.3 Å². The van der Waals surface area contributed by atoms with Crippen molar-refractivity contribution < 1.29 is 4.79 Å². The Labute approximate surface area is 97.2 Å². The molecule has 0 bridgehead atoms. The summed E-state index contributed by atoms with van der Waals surface area (Å²) < 4.78 is 0. The normalized spacial score (nSPS) is 11.2. The molecule has 16 heavy (non-hydrogen) atoms. The van der Waals surface area contributed by atoms with Gasteiger partial charge in [0.25, 0.3) is 0 Å². The first-order valence-electron chi connectivity index (χ1n) is 5.53. The van der Waals surface area contributed by atoms with Crippen LogP contribution < -0.4 is 10.6 Å². The van der Waals surface area contributed by atoms with Gasteiger partial charge in [-0.2, -0.15) is 0 Å². The van der Waals surface area contributed by atoms with Crippen LogP contribution in [0.25, 0.3) is 0 Å². The molecule has 0 spiro atoms. The molecule has 3 heteroatoms.